The highest BCUT2D eigenvalue weighted by atomic mass is 16.5. The number of rotatable bonds is 4. The number of fused-ring (bicyclic) bond motifs is 2. The third-order valence-electron chi connectivity index (χ3n) is 7.89. The average molecular weight is 473 g/mol. The van der Waals surface area contributed by atoms with E-state index >= 15 is 0 Å². The van der Waals surface area contributed by atoms with E-state index in [9.17, 15) is 9.59 Å². The molecular weight excluding hydrogens is 440 g/mol. The molecule has 0 radical (unpaired) electrons. The number of likely N-dealkylation sites (tertiary alicyclic amines) is 1. The number of hydrogen-bond donors (Lipinski definition) is 1. The highest BCUT2D eigenvalue weighted by Gasteiger charge is 2.61. The van der Waals surface area contributed by atoms with Crippen molar-refractivity contribution in [2.24, 2.45) is 0 Å². The molecule has 7 nitrogen and oxygen atoms in total. The molecule has 4 heterocycles. The highest BCUT2D eigenvalue weighted by Crippen LogP contribution is 2.48. The Hall–Kier alpha value is -3.16. The van der Waals surface area contributed by atoms with Crippen molar-refractivity contribution < 1.29 is 14.3 Å². The van der Waals surface area contributed by atoms with Crippen molar-refractivity contribution in [3.8, 4) is 0 Å². The summed E-state index contributed by atoms with van der Waals surface area (Å²) in [4.78, 5) is 37.5. The van der Waals surface area contributed by atoms with Crippen LogP contribution in [0.1, 0.15) is 41.3 Å². The van der Waals surface area contributed by atoms with Crippen molar-refractivity contribution in [1.82, 2.24) is 19.7 Å². The molecule has 35 heavy (non-hydrogen) atoms. The van der Waals surface area contributed by atoms with Crippen LogP contribution in [0.3, 0.4) is 0 Å². The Kier molecular flexibility index (Phi) is 5.42. The number of carbonyl (C=O) groups is 2. The number of aromatic nitrogens is 1. The van der Waals surface area contributed by atoms with Gasteiger partial charge in [-0.3, -0.25) is 14.5 Å². The number of nitrogens with one attached hydrogen (secondary N) is 1. The molecule has 3 aliphatic rings. The Balaban J connectivity index is 1.37. The predicted octanol–water partition coefficient (Wildman–Crippen LogP) is 3.23. The molecule has 7 heteroatoms. The monoisotopic (exact) mass is 472 g/mol. The average Bonchev–Trinajstić information content (AvgIpc) is 3.26. The number of hydrogen-bond acceptors (Lipinski definition) is 4. The van der Waals surface area contributed by atoms with E-state index in [1.807, 2.05) is 40.1 Å². The van der Waals surface area contributed by atoms with Crippen molar-refractivity contribution in [3.63, 3.8) is 0 Å². The smallest absolute Gasteiger partial charge is 0.254 e. The van der Waals surface area contributed by atoms with Crippen LogP contribution >= 0.6 is 0 Å². The number of amides is 2. The molecule has 6 rings (SSSR count). The zero-order valence-corrected chi connectivity index (χ0v) is 20.4. The first kappa shape index (κ1) is 22.3. The normalized spacial score (nSPS) is 22.0. The molecule has 1 aromatic heterocycles. The molecule has 0 bridgehead atoms. The minimum absolute atomic E-state index is 0.00826. The Bertz CT molecular complexity index is 1270. The molecule has 2 aromatic carbocycles. The molecule has 3 aromatic rings. The van der Waals surface area contributed by atoms with Crippen molar-refractivity contribution >= 4 is 22.7 Å². The minimum Gasteiger partial charge on any atom is -0.378 e. The van der Waals surface area contributed by atoms with Gasteiger partial charge in [-0.15, -0.1) is 0 Å². The van der Waals surface area contributed by atoms with Crippen LogP contribution in [-0.4, -0.2) is 82.5 Å². The van der Waals surface area contributed by atoms with E-state index < -0.39 is 5.54 Å². The number of nitrogens with zero attached hydrogens (tertiary/aromatic N) is 3. The van der Waals surface area contributed by atoms with Gasteiger partial charge >= 0.3 is 0 Å². The standard InChI is InChI=1S/C28H32N4O3/c1-19(2)32-26(33)23-9-4-3-8-22(23)25(27(34)31-11-13-35-14-12-31)28(32)17-30(18-28)16-20-15-29-24-10-6-5-7-21(20)24/h3-10,15,19,25,29H,11-14,16-18H2,1-2H3. The maximum Gasteiger partial charge on any atom is 0.254 e. The van der Waals surface area contributed by atoms with Crippen molar-refractivity contribution in [2.45, 2.75) is 37.9 Å². The van der Waals surface area contributed by atoms with Crippen LogP contribution in [0.5, 0.6) is 0 Å². The second-order valence-corrected chi connectivity index (χ2v) is 10.3. The Morgan fingerprint density at radius 2 is 1.80 bits per heavy atom. The first-order valence-electron chi connectivity index (χ1n) is 12.6. The van der Waals surface area contributed by atoms with Crippen molar-refractivity contribution in [1.29, 1.82) is 0 Å². The van der Waals surface area contributed by atoms with Crippen LogP contribution in [0.2, 0.25) is 0 Å². The number of benzene rings is 2. The maximum atomic E-state index is 14.1. The summed E-state index contributed by atoms with van der Waals surface area (Å²) in [6.07, 6.45) is 2.08. The van der Waals surface area contributed by atoms with Gasteiger partial charge in [0.15, 0.2) is 0 Å². The van der Waals surface area contributed by atoms with Crippen LogP contribution in [0.15, 0.2) is 54.7 Å². The molecule has 1 atom stereocenters. The third kappa shape index (κ3) is 3.48. The van der Waals surface area contributed by atoms with E-state index in [-0.39, 0.29) is 23.8 Å². The topological polar surface area (TPSA) is 68.9 Å². The molecule has 0 aliphatic carbocycles. The SMILES string of the molecule is CC(C)N1C(=O)c2ccccc2C(C(=O)N2CCOCC2)C12CN(Cc1c[nH]c3ccccc13)C2. The van der Waals surface area contributed by atoms with E-state index in [0.717, 1.165) is 17.6 Å². The summed E-state index contributed by atoms with van der Waals surface area (Å²) in [7, 11) is 0. The fourth-order valence-electron chi connectivity index (χ4n) is 6.46. The molecule has 0 saturated carbocycles. The first-order valence-corrected chi connectivity index (χ1v) is 12.6. The van der Waals surface area contributed by atoms with Gasteiger partial charge in [-0.25, -0.2) is 0 Å². The summed E-state index contributed by atoms with van der Waals surface area (Å²) in [5, 5.41) is 1.22. The van der Waals surface area contributed by atoms with E-state index in [4.69, 9.17) is 4.74 Å². The van der Waals surface area contributed by atoms with Crippen LogP contribution in [0.25, 0.3) is 10.9 Å². The largest absolute Gasteiger partial charge is 0.378 e. The fraction of sp³-hybridized carbons (Fsp3) is 0.429. The second kappa shape index (κ2) is 8.50. The van der Waals surface area contributed by atoms with Gasteiger partial charge in [0, 0.05) is 61.4 Å². The fourth-order valence-corrected chi connectivity index (χ4v) is 6.46. The van der Waals surface area contributed by atoms with E-state index in [0.29, 0.717) is 45.0 Å². The molecule has 1 N–H and O–H groups in total. The summed E-state index contributed by atoms with van der Waals surface area (Å²) >= 11 is 0. The molecule has 1 spiro atoms. The van der Waals surface area contributed by atoms with Gasteiger partial charge in [0.1, 0.15) is 0 Å². The number of H-pyrrole nitrogens is 1. The van der Waals surface area contributed by atoms with Crippen LogP contribution < -0.4 is 0 Å². The van der Waals surface area contributed by atoms with Gasteiger partial charge in [-0.1, -0.05) is 36.4 Å². The van der Waals surface area contributed by atoms with Gasteiger partial charge < -0.3 is 19.5 Å². The zero-order valence-electron chi connectivity index (χ0n) is 20.4. The molecule has 1 unspecified atom stereocenters. The molecular formula is C28H32N4O3. The lowest BCUT2D eigenvalue weighted by Gasteiger charge is -2.62. The predicted molar refractivity (Wildman–Crippen MR) is 134 cm³/mol. The molecule has 182 valence electrons. The van der Waals surface area contributed by atoms with Gasteiger partial charge in [0.2, 0.25) is 5.91 Å². The Morgan fingerprint density at radius 3 is 2.57 bits per heavy atom. The van der Waals surface area contributed by atoms with Gasteiger partial charge in [0.25, 0.3) is 5.91 Å². The lowest BCUT2D eigenvalue weighted by molar-refractivity contribution is -0.148. The molecule has 3 aliphatic heterocycles. The summed E-state index contributed by atoms with van der Waals surface area (Å²) in [5.74, 6) is -0.227. The summed E-state index contributed by atoms with van der Waals surface area (Å²) in [6, 6.07) is 16.0. The van der Waals surface area contributed by atoms with Crippen LogP contribution in [0.4, 0.5) is 0 Å². The number of para-hydroxylation sites is 1. The van der Waals surface area contributed by atoms with Crippen LogP contribution in [0, 0.1) is 0 Å². The minimum atomic E-state index is -0.554. The van der Waals surface area contributed by atoms with Crippen molar-refractivity contribution in [2.75, 3.05) is 39.4 Å². The third-order valence-corrected chi connectivity index (χ3v) is 7.89. The van der Waals surface area contributed by atoms with Crippen LogP contribution in [-0.2, 0) is 16.1 Å². The zero-order chi connectivity index (χ0) is 24.2. The molecule has 2 amide bonds. The van der Waals surface area contributed by atoms with E-state index in [1.54, 1.807) is 0 Å². The summed E-state index contributed by atoms with van der Waals surface area (Å²) in [5.41, 5.74) is 3.35. The van der Waals surface area contributed by atoms with Gasteiger partial charge in [-0.2, -0.15) is 0 Å². The summed E-state index contributed by atoms with van der Waals surface area (Å²) in [6.45, 7) is 8.57. The summed E-state index contributed by atoms with van der Waals surface area (Å²) < 4.78 is 5.52. The number of aromatic amines is 1. The Morgan fingerprint density at radius 1 is 1.09 bits per heavy atom. The number of morpholine rings is 1. The lowest BCUT2D eigenvalue weighted by atomic mass is 9.67. The molecule has 2 saturated heterocycles. The maximum absolute atomic E-state index is 14.1. The van der Waals surface area contributed by atoms with E-state index in [1.165, 1.54) is 10.9 Å². The highest BCUT2D eigenvalue weighted by molar-refractivity contribution is 6.02. The quantitative estimate of drug-likeness (QED) is 0.633. The molecule has 2 fully saturated rings. The van der Waals surface area contributed by atoms with E-state index in [2.05, 4.69) is 48.1 Å². The lowest BCUT2D eigenvalue weighted by Crippen LogP contribution is -2.77. The number of carbonyl (C=O) groups excluding carboxylic acids is 2. The second-order valence-electron chi connectivity index (χ2n) is 10.3. The van der Waals surface area contributed by atoms with Crippen molar-refractivity contribution in [3.05, 3.63) is 71.4 Å². The first-order chi connectivity index (χ1) is 17.0. The van der Waals surface area contributed by atoms with Gasteiger partial charge in [0.05, 0.1) is 24.7 Å². The Labute approximate surface area is 205 Å². The number of ether oxygens (including phenoxy) is 1. The van der Waals surface area contributed by atoms with Gasteiger partial charge in [-0.05, 0) is 37.1 Å².